The Kier molecular flexibility index (Phi) is 2.66. The first-order valence-corrected chi connectivity index (χ1v) is 4.21. The average molecular weight is 181 g/mol. The van der Waals surface area contributed by atoms with Crippen molar-refractivity contribution < 1.29 is 14.3 Å². The van der Waals surface area contributed by atoms with Gasteiger partial charge in [-0.25, -0.2) is 0 Å². The molecule has 0 aromatic carbocycles. The van der Waals surface area contributed by atoms with Crippen molar-refractivity contribution in [1.82, 2.24) is 0 Å². The predicted molar refractivity (Wildman–Crippen MR) is 43.1 cm³/mol. The molecule has 0 N–H and O–H groups in total. The van der Waals surface area contributed by atoms with Crippen molar-refractivity contribution in [1.29, 1.82) is 5.26 Å². The van der Waals surface area contributed by atoms with Gasteiger partial charge in [0.2, 0.25) is 0 Å². The van der Waals surface area contributed by atoms with E-state index < -0.39 is 23.8 Å². The Hall–Kier alpha value is -1.37. The Morgan fingerprint density at radius 1 is 1.46 bits per heavy atom. The van der Waals surface area contributed by atoms with E-state index in [1.54, 1.807) is 6.07 Å². The summed E-state index contributed by atoms with van der Waals surface area (Å²) in [6.07, 6.45) is 0.531. The Morgan fingerprint density at radius 2 is 2.08 bits per heavy atom. The molecule has 1 heterocycles. The van der Waals surface area contributed by atoms with Gasteiger partial charge in [0.15, 0.2) is 5.92 Å². The lowest BCUT2D eigenvalue weighted by molar-refractivity contribution is -0.153. The summed E-state index contributed by atoms with van der Waals surface area (Å²) in [4.78, 5) is 22.0. The standard InChI is InChI=1S/C9H11NO3/c1-5(2)3-6-7(4-10)9(12)13-8(6)11/h5-7H,3H2,1-2H3/t6-,7-/m0/s1. The highest BCUT2D eigenvalue weighted by molar-refractivity contribution is 5.97. The van der Waals surface area contributed by atoms with E-state index >= 15 is 0 Å². The fourth-order valence-electron chi connectivity index (χ4n) is 1.42. The maximum absolute atomic E-state index is 11.1. The first kappa shape index (κ1) is 9.72. The van der Waals surface area contributed by atoms with Crippen LogP contribution in [-0.4, -0.2) is 11.9 Å². The van der Waals surface area contributed by atoms with Gasteiger partial charge in [0, 0.05) is 0 Å². The number of hydrogen-bond acceptors (Lipinski definition) is 4. The monoisotopic (exact) mass is 181 g/mol. The Labute approximate surface area is 76.5 Å². The fourth-order valence-corrected chi connectivity index (χ4v) is 1.42. The highest BCUT2D eigenvalue weighted by Crippen LogP contribution is 2.28. The molecule has 13 heavy (non-hydrogen) atoms. The molecule has 0 bridgehead atoms. The summed E-state index contributed by atoms with van der Waals surface area (Å²) in [7, 11) is 0. The minimum atomic E-state index is -0.894. The lowest BCUT2D eigenvalue weighted by atomic mass is 9.88. The molecule has 0 unspecified atom stereocenters. The number of carbonyl (C=O) groups excluding carboxylic acids is 2. The van der Waals surface area contributed by atoms with Gasteiger partial charge < -0.3 is 4.74 Å². The van der Waals surface area contributed by atoms with Gasteiger partial charge >= 0.3 is 11.9 Å². The molecule has 1 aliphatic rings. The van der Waals surface area contributed by atoms with Crippen molar-refractivity contribution >= 4 is 11.9 Å². The van der Waals surface area contributed by atoms with Crippen molar-refractivity contribution in [3.8, 4) is 6.07 Å². The molecule has 0 spiro atoms. The summed E-state index contributed by atoms with van der Waals surface area (Å²) >= 11 is 0. The van der Waals surface area contributed by atoms with E-state index in [9.17, 15) is 9.59 Å². The van der Waals surface area contributed by atoms with E-state index in [1.165, 1.54) is 0 Å². The molecule has 4 heteroatoms. The minimum Gasteiger partial charge on any atom is -0.392 e. The highest BCUT2D eigenvalue weighted by Gasteiger charge is 2.44. The third-order valence-corrected chi connectivity index (χ3v) is 2.02. The van der Waals surface area contributed by atoms with Gasteiger partial charge in [-0.15, -0.1) is 0 Å². The smallest absolute Gasteiger partial charge is 0.331 e. The van der Waals surface area contributed by atoms with Gasteiger partial charge in [-0.1, -0.05) is 13.8 Å². The fraction of sp³-hybridized carbons (Fsp3) is 0.667. The van der Waals surface area contributed by atoms with Crippen molar-refractivity contribution in [3.63, 3.8) is 0 Å². The van der Waals surface area contributed by atoms with Crippen LogP contribution in [0.3, 0.4) is 0 Å². The van der Waals surface area contributed by atoms with Crippen LogP contribution >= 0.6 is 0 Å². The van der Waals surface area contributed by atoms with E-state index in [-0.39, 0.29) is 5.92 Å². The summed E-state index contributed by atoms with van der Waals surface area (Å²) in [6, 6.07) is 1.80. The molecule has 0 aromatic heterocycles. The quantitative estimate of drug-likeness (QED) is 0.468. The zero-order valence-corrected chi connectivity index (χ0v) is 7.61. The molecule has 2 atom stereocenters. The lowest BCUT2D eigenvalue weighted by Gasteiger charge is -2.09. The number of nitriles is 1. The number of ether oxygens (including phenoxy) is 1. The van der Waals surface area contributed by atoms with Gasteiger partial charge in [0.25, 0.3) is 0 Å². The molecular formula is C9H11NO3. The first-order chi connectivity index (χ1) is 6.06. The second kappa shape index (κ2) is 3.56. The normalized spacial score (nSPS) is 27.5. The molecule has 1 saturated heterocycles. The van der Waals surface area contributed by atoms with Gasteiger partial charge in [-0.2, -0.15) is 5.26 Å². The van der Waals surface area contributed by atoms with E-state index in [0.717, 1.165) is 0 Å². The third-order valence-electron chi connectivity index (χ3n) is 2.02. The van der Waals surface area contributed by atoms with Crippen LogP contribution in [-0.2, 0) is 14.3 Å². The van der Waals surface area contributed by atoms with Crippen LogP contribution < -0.4 is 0 Å². The van der Waals surface area contributed by atoms with Gasteiger partial charge in [-0.3, -0.25) is 9.59 Å². The Morgan fingerprint density at radius 3 is 2.54 bits per heavy atom. The molecule has 0 radical (unpaired) electrons. The molecular weight excluding hydrogens is 170 g/mol. The van der Waals surface area contributed by atoms with Crippen molar-refractivity contribution in [3.05, 3.63) is 0 Å². The molecule has 1 fully saturated rings. The molecule has 0 amide bonds. The molecule has 0 saturated carbocycles. The highest BCUT2D eigenvalue weighted by atomic mass is 16.6. The Bertz CT molecular complexity index is 277. The van der Waals surface area contributed by atoms with Crippen molar-refractivity contribution in [2.24, 2.45) is 17.8 Å². The molecule has 4 nitrogen and oxygen atoms in total. The summed E-state index contributed by atoms with van der Waals surface area (Å²) in [5, 5.41) is 8.63. The number of cyclic esters (lactones) is 2. The molecule has 1 aliphatic heterocycles. The van der Waals surface area contributed by atoms with Crippen LogP contribution in [0.1, 0.15) is 20.3 Å². The van der Waals surface area contributed by atoms with E-state index in [4.69, 9.17) is 5.26 Å². The second-order valence-electron chi connectivity index (χ2n) is 3.58. The molecule has 1 rings (SSSR count). The number of nitrogens with zero attached hydrogens (tertiary/aromatic N) is 1. The van der Waals surface area contributed by atoms with Crippen LogP contribution in [0.15, 0.2) is 0 Å². The summed E-state index contributed by atoms with van der Waals surface area (Å²) in [5.74, 6) is -2.42. The SMILES string of the molecule is CC(C)C[C@@H]1C(=O)OC(=O)[C@H]1C#N. The van der Waals surface area contributed by atoms with Crippen LogP contribution in [0.4, 0.5) is 0 Å². The summed E-state index contributed by atoms with van der Waals surface area (Å²) < 4.78 is 4.38. The lowest BCUT2D eigenvalue weighted by Crippen LogP contribution is -2.18. The minimum absolute atomic E-state index is 0.277. The first-order valence-electron chi connectivity index (χ1n) is 4.21. The average Bonchev–Trinajstić information content (AvgIpc) is 2.26. The maximum Gasteiger partial charge on any atom is 0.331 e. The maximum atomic E-state index is 11.1. The molecule has 0 aliphatic carbocycles. The third kappa shape index (κ3) is 1.86. The second-order valence-corrected chi connectivity index (χ2v) is 3.58. The van der Waals surface area contributed by atoms with Gasteiger partial charge in [0.1, 0.15) is 0 Å². The number of rotatable bonds is 2. The van der Waals surface area contributed by atoms with Crippen LogP contribution in [0.25, 0.3) is 0 Å². The van der Waals surface area contributed by atoms with Crippen LogP contribution in [0.2, 0.25) is 0 Å². The van der Waals surface area contributed by atoms with E-state index in [0.29, 0.717) is 6.42 Å². The molecule has 0 aromatic rings. The number of carbonyl (C=O) groups is 2. The topological polar surface area (TPSA) is 67.2 Å². The van der Waals surface area contributed by atoms with E-state index in [1.807, 2.05) is 13.8 Å². The zero-order valence-electron chi connectivity index (χ0n) is 7.61. The van der Waals surface area contributed by atoms with Crippen LogP contribution in [0.5, 0.6) is 0 Å². The summed E-state index contributed by atoms with van der Waals surface area (Å²) in [5.41, 5.74) is 0. The Balaban J connectivity index is 2.76. The molecule has 70 valence electrons. The van der Waals surface area contributed by atoms with Crippen molar-refractivity contribution in [2.45, 2.75) is 20.3 Å². The predicted octanol–water partition coefficient (Wildman–Crippen LogP) is 0.872. The van der Waals surface area contributed by atoms with E-state index in [2.05, 4.69) is 4.74 Å². The summed E-state index contributed by atoms with van der Waals surface area (Å²) in [6.45, 7) is 3.87. The van der Waals surface area contributed by atoms with Gasteiger partial charge in [-0.05, 0) is 12.3 Å². The largest absolute Gasteiger partial charge is 0.392 e. The van der Waals surface area contributed by atoms with Crippen molar-refractivity contribution in [2.75, 3.05) is 0 Å². The number of hydrogen-bond donors (Lipinski definition) is 0. The zero-order chi connectivity index (χ0) is 10.0. The van der Waals surface area contributed by atoms with Crippen LogP contribution in [0, 0.1) is 29.1 Å². The van der Waals surface area contributed by atoms with Gasteiger partial charge in [0.05, 0.1) is 12.0 Å². The number of esters is 2.